The first-order valence-corrected chi connectivity index (χ1v) is 9.85. The van der Waals surface area contributed by atoms with E-state index in [4.69, 9.17) is 4.74 Å². The van der Waals surface area contributed by atoms with Crippen LogP contribution in [0.25, 0.3) is 6.08 Å². The van der Waals surface area contributed by atoms with Gasteiger partial charge in [-0.05, 0) is 51.5 Å². The van der Waals surface area contributed by atoms with E-state index < -0.39 is 5.60 Å². The molecule has 1 aliphatic heterocycles. The van der Waals surface area contributed by atoms with Gasteiger partial charge < -0.3 is 15.0 Å². The topological polar surface area (TPSA) is 41.6 Å². The van der Waals surface area contributed by atoms with E-state index in [1.807, 2.05) is 25.7 Å². The van der Waals surface area contributed by atoms with E-state index in [1.54, 1.807) is 0 Å². The predicted octanol–water partition coefficient (Wildman–Crippen LogP) is 4.47. The highest BCUT2D eigenvalue weighted by Gasteiger charge is 2.41. The van der Waals surface area contributed by atoms with Gasteiger partial charge in [0.1, 0.15) is 5.60 Å². The Morgan fingerprint density at radius 2 is 2.04 bits per heavy atom. The Morgan fingerprint density at radius 1 is 1.31 bits per heavy atom. The van der Waals surface area contributed by atoms with Gasteiger partial charge in [-0.1, -0.05) is 48.9 Å². The number of amides is 1. The lowest BCUT2D eigenvalue weighted by Crippen LogP contribution is -2.39. The highest BCUT2D eigenvalue weighted by atomic mass is 16.6. The molecule has 1 N–H and O–H groups in total. The normalized spacial score (nSPS) is 26.1. The quantitative estimate of drug-likeness (QED) is 0.846. The summed E-state index contributed by atoms with van der Waals surface area (Å²) in [6.07, 6.45) is 5.45. The van der Waals surface area contributed by atoms with Crippen LogP contribution in [0.15, 0.2) is 35.9 Å². The average molecular weight is 357 g/mol. The molecule has 1 heterocycles. The number of benzene rings is 1. The summed E-state index contributed by atoms with van der Waals surface area (Å²) in [4.78, 5) is 14.0. The Kier molecular flexibility index (Phi) is 5.71. The molecule has 1 saturated carbocycles. The van der Waals surface area contributed by atoms with Crippen molar-refractivity contribution in [3.05, 3.63) is 41.5 Å². The van der Waals surface area contributed by atoms with Crippen LogP contribution in [0.3, 0.4) is 0 Å². The fourth-order valence-electron chi connectivity index (χ4n) is 3.71. The molecule has 0 spiro atoms. The standard InChI is InChI=1S/C22H32N2O2/c1-5-17(13-16-9-7-6-8-10-16)19-14-20(19)23-18-11-12-24(15-18)21(25)26-22(2,3)4/h6-10,13,18-20,23H,5,11-12,14-15H2,1-4H3/b17-13+. The van der Waals surface area contributed by atoms with Crippen molar-refractivity contribution in [3.63, 3.8) is 0 Å². The molecule has 1 aromatic rings. The number of ether oxygens (including phenoxy) is 1. The van der Waals surface area contributed by atoms with Gasteiger partial charge >= 0.3 is 6.09 Å². The molecule has 3 rings (SSSR count). The molecule has 1 aromatic carbocycles. The zero-order chi connectivity index (χ0) is 18.7. The molecule has 142 valence electrons. The zero-order valence-electron chi connectivity index (χ0n) is 16.5. The molecule has 0 aromatic heterocycles. The lowest BCUT2D eigenvalue weighted by atomic mass is 10.0. The van der Waals surface area contributed by atoms with Crippen LogP contribution >= 0.6 is 0 Å². The fraction of sp³-hybridized carbons (Fsp3) is 0.591. The van der Waals surface area contributed by atoms with Gasteiger partial charge in [0, 0.05) is 25.2 Å². The largest absolute Gasteiger partial charge is 0.444 e. The first-order chi connectivity index (χ1) is 12.4. The number of carbonyl (C=O) groups excluding carboxylic acids is 1. The third kappa shape index (κ3) is 5.10. The van der Waals surface area contributed by atoms with Crippen molar-refractivity contribution in [3.8, 4) is 0 Å². The number of nitrogens with one attached hydrogen (secondary N) is 1. The van der Waals surface area contributed by atoms with Gasteiger partial charge in [0.15, 0.2) is 0 Å². The molecule has 4 heteroatoms. The third-order valence-corrected chi connectivity index (χ3v) is 5.12. The number of nitrogens with zero attached hydrogens (tertiary/aromatic N) is 1. The first kappa shape index (κ1) is 19.0. The Morgan fingerprint density at radius 3 is 2.69 bits per heavy atom. The monoisotopic (exact) mass is 356 g/mol. The minimum Gasteiger partial charge on any atom is -0.444 e. The summed E-state index contributed by atoms with van der Waals surface area (Å²) in [5.74, 6) is 0.635. The minimum absolute atomic E-state index is 0.188. The maximum Gasteiger partial charge on any atom is 0.410 e. The van der Waals surface area contributed by atoms with Crippen LogP contribution in [0.5, 0.6) is 0 Å². The molecular formula is C22H32N2O2. The highest BCUT2D eigenvalue weighted by molar-refractivity contribution is 5.68. The minimum atomic E-state index is -0.428. The maximum atomic E-state index is 12.2. The smallest absolute Gasteiger partial charge is 0.410 e. The van der Waals surface area contributed by atoms with Gasteiger partial charge in [-0.2, -0.15) is 0 Å². The average Bonchev–Trinajstić information content (AvgIpc) is 3.16. The van der Waals surface area contributed by atoms with E-state index in [1.165, 1.54) is 17.6 Å². The molecule has 2 fully saturated rings. The van der Waals surface area contributed by atoms with Crippen LogP contribution in [0, 0.1) is 5.92 Å². The van der Waals surface area contributed by atoms with Gasteiger partial charge in [0.05, 0.1) is 0 Å². The van der Waals surface area contributed by atoms with Crippen molar-refractivity contribution in [2.75, 3.05) is 13.1 Å². The van der Waals surface area contributed by atoms with E-state index >= 15 is 0 Å². The number of hydrogen-bond acceptors (Lipinski definition) is 3. The molecule has 0 bridgehead atoms. The van der Waals surface area contributed by atoms with E-state index in [2.05, 4.69) is 48.6 Å². The van der Waals surface area contributed by atoms with Crippen molar-refractivity contribution in [1.82, 2.24) is 10.2 Å². The summed E-state index contributed by atoms with van der Waals surface area (Å²) >= 11 is 0. The van der Waals surface area contributed by atoms with Crippen LogP contribution in [0.4, 0.5) is 4.79 Å². The second kappa shape index (κ2) is 7.83. The van der Waals surface area contributed by atoms with Gasteiger partial charge in [0.2, 0.25) is 0 Å². The highest BCUT2D eigenvalue weighted by Crippen LogP contribution is 2.40. The maximum absolute atomic E-state index is 12.2. The van der Waals surface area contributed by atoms with Crippen LogP contribution in [0.1, 0.15) is 52.5 Å². The summed E-state index contributed by atoms with van der Waals surface area (Å²) in [5.41, 5.74) is 2.38. The molecule has 3 atom stereocenters. The first-order valence-electron chi connectivity index (χ1n) is 9.85. The molecule has 0 radical (unpaired) electrons. The molecule has 2 aliphatic rings. The second-order valence-electron chi connectivity index (χ2n) is 8.51. The number of carbonyl (C=O) groups is 1. The lowest BCUT2D eigenvalue weighted by molar-refractivity contribution is 0.0291. The van der Waals surface area contributed by atoms with Gasteiger partial charge in [-0.25, -0.2) is 4.79 Å². The van der Waals surface area contributed by atoms with Gasteiger partial charge in [-0.3, -0.25) is 0 Å². The molecule has 26 heavy (non-hydrogen) atoms. The lowest BCUT2D eigenvalue weighted by Gasteiger charge is -2.24. The molecule has 4 nitrogen and oxygen atoms in total. The molecule has 1 saturated heterocycles. The number of rotatable bonds is 5. The molecule has 3 unspecified atom stereocenters. The van der Waals surface area contributed by atoms with Gasteiger partial charge in [-0.15, -0.1) is 0 Å². The second-order valence-corrected chi connectivity index (χ2v) is 8.51. The van der Waals surface area contributed by atoms with Crippen molar-refractivity contribution in [2.45, 2.75) is 64.6 Å². The number of hydrogen-bond donors (Lipinski definition) is 1. The van der Waals surface area contributed by atoms with E-state index in [-0.39, 0.29) is 6.09 Å². The van der Waals surface area contributed by atoms with Crippen molar-refractivity contribution >= 4 is 12.2 Å². The molecular weight excluding hydrogens is 324 g/mol. The Hall–Kier alpha value is -1.81. The third-order valence-electron chi connectivity index (χ3n) is 5.12. The zero-order valence-corrected chi connectivity index (χ0v) is 16.5. The summed E-state index contributed by atoms with van der Waals surface area (Å²) in [7, 11) is 0. The SMILES string of the molecule is CC/C(=C\c1ccccc1)C1CC1NC1CCN(C(=O)OC(C)(C)C)C1. The van der Waals surface area contributed by atoms with Crippen LogP contribution in [-0.2, 0) is 4.74 Å². The summed E-state index contributed by atoms with van der Waals surface area (Å²) in [6.45, 7) is 9.51. The fourth-order valence-corrected chi connectivity index (χ4v) is 3.71. The molecule has 1 amide bonds. The summed E-state index contributed by atoms with van der Waals surface area (Å²) in [5, 5.41) is 3.76. The van der Waals surface area contributed by atoms with Crippen LogP contribution in [-0.4, -0.2) is 41.8 Å². The van der Waals surface area contributed by atoms with E-state index in [0.717, 1.165) is 25.9 Å². The number of likely N-dealkylation sites (tertiary alicyclic amines) is 1. The summed E-state index contributed by atoms with van der Waals surface area (Å²) < 4.78 is 5.48. The Bertz CT molecular complexity index is 648. The van der Waals surface area contributed by atoms with Crippen LogP contribution in [0.2, 0.25) is 0 Å². The molecule has 1 aliphatic carbocycles. The van der Waals surface area contributed by atoms with Crippen molar-refractivity contribution in [1.29, 1.82) is 0 Å². The van der Waals surface area contributed by atoms with E-state index in [9.17, 15) is 4.79 Å². The van der Waals surface area contributed by atoms with E-state index in [0.29, 0.717) is 18.0 Å². The Labute approximate surface area is 157 Å². The predicted molar refractivity (Wildman–Crippen MR) is 106 cm³/mol. The summed E-state index contributed by atoms with van der Waals surface area (Å²) in [6, 6.07) is 11.5. The van der Waals surface area contributed by atoms with Crippen molar-refractivity contribution < 1.29 is 9.53 Å². The van der Waals surface area contributed by atoms with Crippen molar-refractivity contribution in [2.24, 2.45) is 5.92 Å². The van der Waals surface area contributed by atoms with Crippen LogP contribution < -0.4 is 5.32 Å². The van der Waals surface area contributed by atoms with Gasteiger partial charge in [0.25, 0.3) is 0 Å². The Balaban J connectivity index is 1.49.